The van der Waals surface area contributed by atoms with Crippen LogP contribution in [-0.4, -0.2) is 30.1 Å². The second-order valence-electron chi connectivity index (χ2n) is 6.16. The summed E-state index contributed by atoms with van der Waals surface area (Å²) in [4.78, 5) is 17.6. The second-order valence-corrected chi connectivity index (χ2v) is 7.19. The lowest BCUT2D eigenvalue weighted by molar-refractivity contribution is 0.0901. The predicted molar refractivity (Wildman–Crippen MR) is 101 cm³/mol. The van der Waals surface area contributed by atoms with Crippen molar-refractivity contribution in [3.8, 4) is 0 Å². The summed E-state index contributed by atoms with van der Waals surface area (Å²) in [5, 5.41) is 3.89. The molecule has 0 aliphatic carbocycles. The number of methoxy groups -OCH3 is 1. The first-order valence-corrected chi connectivity index (χ1v) is 8.06. The number of ether oxygens (including phenoxy) is 1. The fourth-order valence-electron chi connectivity index (χ4n) is 2.32. The fourth-order valence-corrected chi connectivity index (χ4v) is 3.31. The Kier molecular flexibility index (Phi) is 11.3. The molecule has 136 valence electrons. The Morgan fingerprint density at radius 2 is 1.96 bits per heavy atom. The van der Waals surface area contributed by atoms with Crippen LogP contribution in [0.15, 0.2) is 0 Å². The minimum atomic E-state index is -0.394. The van der Waals surface area contributed by atoms with Crippen LogP contribution in [0.4, 0.5) is 0 Å². The number of aryl methyl sites for hydroxylation is 1. The minimum absolute atomic E-state index is 0. The molecule has 1 aromatic rings. The molecule has 5 nitrogen and oxygen atoms in total. The van der Waals surface area contributed by atoms with Gasteiger partial charge in [-0.15, -0.1) is 36.2 Å². The molecule has 0 aromatic carbocycles. The number of aromatic nitrogens is 1. The van der Waals surface area contributed by atoms with Crippen LogP contribution >= 0.6 is 36.2 Å². The third kappa shape index (κ3) is 6.93. The molecule has 23 heavy (non-hydrogen) atoms. The molecule has 2 unspecified atom stereocenters. The SMILES string of the molecule is COC(C)c1nc(C)c(C(=O)NC(C)(CN)CC(C)C)s1.Cl.Cl. The number of amides is 1. The quantitative estimate of drug-likeness (QED) is 0.752. The van der Waals surface area contributed by atoms with Crippen LogP contribution in [0.2, 0.25) is 0 Å². The van der Waals surface area contributed by atoms with E-state index in [0.29, 0.717) is 17.3 Å². The summed E-state index contributed by atoms with van der Waals surface area (Å²) >= 11 is 1.38. The standard InChI is InChI=1S/C15H27N3O2S.2ClH/c1-9(2)7-15(5,8-16)18-13(19)12-10(3)17-14(21-12)11(4)20-6;;/h9,11H,7-8,16H2,1-6H3,(H,18,19);2*1H. The highest BCUT2D eigenvalue weighted by Gasteiger charge is 2.28. The number of nitrogens with zero attached hydrogens (tertiary/aromatic N) is 1. The van der Waals surface area contributed by atoms with Crippen LogP contribution in [0.1, 0.15) is 60.6 Å². The Balaban J connectivity index is 0. The number of thiazole rings is 1. The summed E-state index contributed by atoms with van der Waals surface area (Å²) in [7, 11) is 1.63. The van der Waals surface area contributed by atoms with Crippen molar-refractivity contribution in [3.05, 3.63) is 15.6 Å². The van der Waals surface area contributed by atoms with Gasteiger partial charge in [0, 0.05) is 13.7 Å². The maximum absolute atomic E-state index is 12.5. The molecule has 1 aromatic heterocycles. The monoisotopic (exact) mass is 385 g/mol. The van der Waals surface area contributed by atoms with Crippen molar-refractivity contribution in [1.82, 2.24) is 10.3 Å². The molecule has 8 heteroatoms. The summed E-state index contributed by atoms with van der Waals surface area (Å²) in [5.41, 5.74) is 6.19. The van der Waals surface area contributed by atoms with Gasteiger partial charge in [0.05, 0.1) is 11.2 Å². The van der Waals surface area contributed by atoms with Gasteiger partial charge >= 0.3 is 0 Å². The molecule has 3 N–H and O–H groups in total. The molecule has 1 amide bonds. The van der Waals surface area contributed by atoms with Crippen molar-refractivity contribution in [2.45, 2.75) is 52.7 Å². The molecule has 1 heterocycles. The van der Waals surface area contributed by atoms with Gasteiger partial charge in [-0.1, -0.05) is 13.8 Å². The summed E-state index contributed by atoms with van der Waals surface area (Å²) in [6.45, 7) is 10.4. The van der Waals surface area contributed by atoms with Gasteiger partial charge < -0.3 is 15.8 Å². The van der Waals surface area contributed by atoms with Crippen molar-refractivity contribution in [2.24, 2.45) is 11.7 Å². The maximum atomic E-state index is 12.5. The van der Waals surface area contributed by atoms with E-state index in [4.69, 9.17) is 10.5 Å². The highest BCUT2D eigenvalue weighted by Crippen LogP contribution is 2.26. The fraction of sp³-hybridized carbons (Fsp3) is 0.733. The van der Waals surface area contributed by atoms with Gasteiger partial charge in [-0.25, -0.2) is 4.98 Å². The van der Waals surface area contributed by atoms with E-state index < -0.39 is 5.54 Å². The van der Waals surface area contributed by atoms with Crippen LogP contribution in [0, 0.1) is 12.8 Å². The summed E-state index contributed by atoms with van der Waals surface area (Å²) in [5.74, 6) is 0.360. The minimum Gasteiger partial charge on any atom is -0.375 e. The Morgan fingerprint density at radius 3 is 2.39 bits per heavy atom. The molecular formula is C15H29Cl2N3O2S. The second kappa shape index (κ2) is 10.5. The Labute approximate surface area is 155 Å². The molecular weight excluding hydrogens is 357 g/mol. The summed E-state index contributed by atoms with van der Waals surface area (Å²) < 4.78 is 5.26. The number of nitrogens with two attached hydrogens (primary N) is 1. The van der Waals surface area contributed by atoms with Gasteiger partial charge in [0.1, 0.15) is 16.0 Å². The van der Waals surface area contributed by atoms with Gasteiger partial charge in [0.25, 0.3) is 5.91 Å². The number of hydrogen-bond donors (Lipinski definition) is 2. The Bertz CT molecular complexity index is 497. The highest BCUT2D eigenvalue weighted by atomic mass is 35.5. The summed E-state index contributed by atoms with van der Waals surface area (Å²) in [6.07, 6.45) is 0.737. The lowest BCUT2D eigenvalue weighted by Crippen LogP contribution is -2.52. The number of carbonyl (C=O) groups is 1. The average Bonchev–Trinajstić information content (AvgIpc) is 2.79. The maximum Gasteiger partial charge on any atom is 0.263 e. The van der Waals surface area contributed by atoms with E-state index in [1.165, 1.54) is 11.3 Å². The Hall–Kier alpha value is -0.400. The molecule has 2 atom stereocenters. The van der Waals surface area contributed by atoms with Crippen LogP contribution in [-0.2, 0) is 4.74 Å². The molecule has 0 saturated carbocycles. The van der Waals surface area contributed by atoms with Crippen molar-refractivity contribution in [3.63, 3.8) is 0 Å². The van der Waals surface area contributed by atoms with Crippen molar-refractivity contribution < 1.29 is 9.53 Å². The van der Waals surface area contributed by atoms with E-state index in [1.807, 2.05) is 20.8 Å². The van der Waals surface area contributed by atoms with Gasteiger partial charge in [0.15, 0.2) is 0 Å². The zero-order valence-electron chi connectivity index (χ0n) is 14.6. The molecule has 1 rings (SSSR count). The van der Waals surface area contributed by atoms with E-state index in [9.17, 15) is 4.79 Å². The van der Waals surface area contributed by atoms with E-state index in [0.717, 1.165) is 17.1 Å². The third-order valence-corrected chi connectivity index (χ3v) is 4.76. The van der Waals surface area contributed by atoms with Crippen LogP contribution < -0.4 is 11.1 Å². The zero-order valence-corrected chi connectivity index (χ0v) is 17.1. The largest absolute Gasteiger partial charge is 0.375 e. The lowest BCUT2D eigenvalue weighted by atomic mass is 9.90. The van der Waals surface area contributed by atoms with Crippen molar-refractivity contribution in [2.75, 3.05) is 13.7 Å². The molecule has 0 saturated heterocycles. The lowest BCUT2D eigenvalue weighted by Gasteiger charge is -2.31. The predicted octanol–water partition coefficient (Wildman–Crippen LogP) is 3.50. The smallest absolute Gasteiger partial charge is 0.263 e. The van der Waals surface area contributed by atoms with Gasteiger partial charge in [-0.05, 0) is 33.1 Å². The molecule has 0 aliphatic heterocycles. The molecule has 0 bridgehead atoms. The number of carbonyl (C=O) groups excluding carboxylic acids is 1. The Morgan fingerprint density at radius 1 is 1.39 bits per heavy atom. The molecule has 0 aliphatic rings. The van der Waals surface area contributed by atoms with Crippen LogP contribution in [0.3, 0.4) is 0 Å². The topological polar surface area (TPSA) is 77.2 Å². The van der Waals surface area contributed by atoms with Crippen molar-refractivity contribution in [1.29, 1.82) is 0 Å². The van der Waals surface area contributed by atoms with Gasteiger partial charge in [-0.3, -0.25) is 4.79 Å². The number of halogens is 2. The number of hydrogen-bond acceptors (Lipinski definition) is 5. The highest BCUT2D eigenvalue weighted by molar-refractivity contribution is 7.13. The number of nitrogens with one attached hydrogen (secondary N) is 1. The van der Waals surface area contributed by atoms with Crippen LogP contribution in [0.25, 0.3) is 0 Å². The normalized spacial score (nSPS) is 14.4. The summed E-state index contributed by atoms with van der Waals surface area (Å²) in [6, 6.07) is 0. The molecule has 0 spiro atoms. The first-order valence-electron chi connectivity index (χ1n) is 7.25. The van der Waals surface area contributed by atoms with Crippen molar-refractivity contribution >= 4 is 42.1 Å². The molecule has 0 fully saturated rings. The van der Waals surface area contributed by atoms with E-state index in [1.54, 1.807) is 7.11 Å². The zero-order chi connectivity index (χ0) is 16.2. The van der Waals surface area contributed by atoms with E-state index in [-0.39, 0.29) is 36.8 Å². The first kappa shape index (κ1) is 24.8. The molecule has 0 radical (unpaired) electrons. The average molecular weight is 386 g/mol. The van der Waals surface area contributed by atoms with Gasteiger partial charge in [0.2, 0.25) is 0 Å². The van der Waals surface area contributed by atoms with Gasteiger partial charge in [-0.2, -0.15) is 0 Å². The van der Waals surface area contributed by atoms with E-state index in [2.05, 4.69) is 24.1 Å². The van der Waals surface area contributed by atoms with Crippen LogP contribution in [0.5, 0.6) is 0 Å². The first-order chi connectivity index (χ1) is 9.72. The van der Waals surface area contributed by atoms with E-state index >= 15 is 0 Å². The number of rotatable bonds is 7. The third-order valence-electron chi connectivity index (χ3n) is 3.45.